The zero-order valence-electron chi connectivity index (χ0n) is 11.0. The van der Waals surface area contributed by atoms with Crippen molar-refractivity contribution in [3.05, 3.63) is 57.5 Å². The fraction of sp³-hybridized carbons (Fsp3) is 0.154. The van der Waals surface area contributed by atoms with Crippen LogP contribution in [0.5, 0.6) is 0 Å². The quantitative estimate of drug-likeness (QED) is 0.504. The van der Waals surface area contributed by atoms with Crippen molar-refractivity contribution in [2.45, 2.75) is 13.0 Å². The van der Waals surface area contributed by atoms with E-state index in [1.807, 2.05) is 13.0 Å². The molecule has 0 aliphatic carbocycles. The Labute approximate surface area is 131 Å². The number of nitro benzene ring substituents is 1. The van der Waals surface area contributed by atoms with Gasteiger partial charge in [-0.25, -0.2) is 0 Å². The fourth-order valence-electron chi connectivity index (χ4n) is 1.69. The molecule has 1 aromatic carbocycles. The van der Waals surface area contributed by atoms with Crippen LogP contribution in [0.15, 0.2) is 41.0 Å². The maximum Gasteiger partial charge on any atom is 0.271 e. The number of nitrogens with one attached hydrogen (secondary N) is 2. The Bertz CT molecular complexity index is 661. The van der Waals surface area contributed by atoms with Gasteiger partial charge < -0.3 is 15.1 Å². The third-order valence-corrected chi connectivity index (χ3v) is 3.28. The Morgan fingerprint density at radius 1 is 1.48 bits per heavy atom. The van der Waals surface area contributed by atoms with Crippen LogP contribution < -0.4 is 10.6 Å². The number of rotatable bonds is 4. The predicted octanol–water partition coefficient (Wildman–Crippen LogP) is 3.89. The number of benzene rings is 1. The van der Waals surface area contributed by atoms with E-state index in [9.17, 15) is 10.1 Å². The molecule has 2 aromatic rings. The Hall–Kier alpha value is -2.12. The molecule has 8 heteroatoms. The molecule has 2 N–H and O–H groups in total. The molecule has 21 heavy (non-hydrogen) atoms. The molecule has 1 heterocycles. The second-order valence-corrected chi connectivity index (χ2v) is 5.07. The van der Waals surface area contributed by atoms with Crippen molar-refractivity contribution in [3.8, 4) is 0 Å². The van der Waals surface area contributed by atoms with Crippen molar-refractivity contribution >= 4 is 40.3 Å². The van der Waals surface area contributed by atoms with Crippen LogP contribution in [0.25, 0.3) is 0 Å². The molecule has 1 atom stereocenters. The van der Waals surface area contributed by atoms with Crippen LogP contribution in [0, 0.1) is 10.1 Å². The second kappa shape index (κ2) is 6.55. The number of furan rings is 1. The zero-order chi connectivity index (χ0) is 15.4. The summed E-state index contributed by atoms with van der Waals surface area (Å²) < 4.78 is 5.26. The maximum absolute atomic E-state index is 10.8. The van der Waals surface area contributed by atoms with Gasteiger partial charge in [-0.3, -0.25) is 10.1 Å². The van der Waals surface area contributed by atoms with E-state index in [1.54, 1.807) is 12.3 Å². The molecule has 0 saturated heterocycles. The molecule has 0 saturated carbocycles. The third-order valence-electron chi connectivity index (χ3n) is 2.73. The SMILES string of the molecule is C[C@H](NC(=S)Nc1cc([N+](=O)[O-])ccc1Cl)c1ccco1. The molecule has 0 spiro atoms. The number of hydrogen-bond donors (Lipinski definition) is 2. The number of non-ortho nitro benzene ring substituents is 1. The average Bonchev–Trinajstić information content (AvgIpc) is 2.95. The molecular weight excluding hydrogens is 314 g/mol. The summed E-state index contributed by atoms with van der Waals surface area (Å²) in [4.78, 5) is 10.3. The number of hydrogen-bond acceptors (Lipinski definition) is 4. The second-order valence-electron chi connectivity index (χ2n) is 4.26. The highest BCUT2D eigenvalue weighted by Crippen LogP contribution is 2.26. The van der Waals surface area contributed by atoms with Crippen LogP contribution in [0.4, 0.5) is 11.4 Å². The molecule has 0 aliphatic heterocycles. The Kier molecular flexibility index (Phi) is 4.77. The first-order chi connectivity index (χ1) is 9.97. The van der Waals surface area contributed by atoms with Gasteiger partial charge in [-0.2, -0.15) is 0 Å². The Morgan fingerprint density at radius 2 is 2.24 bits per heavy atom. The van der Waals surface area contributed by atoms with E-state index in [0.29, 0.717) is 15.8 Å². The minimum Gasteiger partial charge on any atom is -0.467 e. The molecule has 0 unspecified atom stereocenters. The van der Waals surface area contributed by atoms with Crippen LogP contribution in [0.2, 0.25) is 5.02 Å². The van der Waals surface area contributed by atoms with Crippen LogP contribution in [0.1, 0.15) is 18.7 Å². The van der Waals surface area contributed by atoms with E-state index in [4.69, 9.17) is 28.2 Å². The van der Waals surface area contributed by atoms with E-state index >= 15 is 0 Å². The monoisotopic (exact) mass is 325 g/mol. The summed E-state index contributed by atoms with van der Waals surface area (Å²) in [5, 5.41) is 17.2. The van der Waals surface area contributed by atoms with Gasteiger partial charge in [-0.1, -0.05) is 11.6 Å². The molecule has 2 rings (SSSR count). The largest absolute Gasteiger partial charge is 0.467 e. The predicted molar refractivity (Wildman–Crippen MR) is 84.6 cm³/mol. The number of halogens is 1. The van der Waals surface area contributed by atoms with E-state index < -0.39 is 4.92 Å². The summed E-state index contributed by atoms with van der Waals surface area (Å²) in [5.41, 5.74) is 0.304. The molecule has 1 aromatic heterocycles. The van der Waals surface area contributed by atoms with Crippen molar-refractivity contribution in [2.75, 3.05) is 5.32 Å². The summed E-state index contributed by atoms with van der Waals surface area (Å²) in [6.07, 6.45) is 1.57. The summed E-state index contributed by atoms with van der Waals surface area (Å²) >= 11 is 11.2. The Balaban J connectivity index is 2.05. The standard InChI is InChI=1S/C13H12ClN3O3S/c1-8(12-3-2-6-20-12)15-13(21)16-11-7-9(17(18)19)4-5-10(11)14/h2-8H,1H3,(H2,15,16,21)/t8-/m0/s1. The van der Waals surface area contributed by atoms with E-state index in [-0.39, 0.29) is 11.7 Å². The lowest BCUT2D eigenvalue weighted by Crippen LogP contribution is -2.30. The summed E-state index contributed by atoms with van der Waals surface area (Å²) in [6.45, 7) is 1.88. The highest BCUT2D eigenvalue weighted by molar-refractivity contribution is 7.80. The topological polar surface area (TPSA) is 80.3 Å². The van der Waals surface area contributed by atoms with Crippen LogP contribution in [-0.2, 0) is 0 Å². The third kappa shape index (κ3) is 3.93. The minimum atomic E-state index is -0.497. The first-order valence-corrected chi connectivity index (χ1v) is 6.81. The summed E-state index contributed by atoms with van der Waals surface area (Å²) in [5.74, 6) is 0.726. The molecule has 0 radical (unpaired) electrons. The van der Waals surface area contributed by atoms with Gasteiger partial charge in [0.1, 0.15) is 5.76 Å². The van der Waals surface area contributed by atoms with Crippen molar-refractivity contribution < 1.29 is 9.34 Å². The minimum absolute atomic E-state index is 0.0659. The fourth-order valence-corrected chi connectivity index (χ4v) is 2.14. The van der Waals surface area contributed by atoms with Gasteiger partial charge >= 0.3 is 0 Å². The Morgan fingerprint density at radius 3 is 2.86 bits per heavy atom. The first-order valence-electron chi connectivity index (χ1n) is 6.02. The van der Waals surface area contributed by atoms with Crippen molar-refractivity contribution in [2.24, 2.45) is 0 Å². The van der Waals surface area contributed by atoms with Crippen molar-refractivity contribution in [1.82, 2.24) is 5.32 Å². The number of anilines is 1. The average molecular weight is 326 g/mol. The molecule has 0 amide bonds. The van der Waals surface area contributed by atoms with Crippen LogP contribution in [-0.4, -0.2) is 10.0 Å². The number of thiocarbonyl (C=S) groups is 1. The highest BCUT2D eigenvalue weighted by Gasteiger charge is 2.13. The van der Waals surface area contributed by atoms with Crippen LogP contribution in [0.3, 0.4) is 0 Å². The van der Waals surface area contributed by atoms with E-state index in [2.05, 4.69) is 10.6 Å². The molecule has 6 nitrogen and oxygen atoms in total. The first kappa shape index (κ1) is 15.3. The van der Waals surface area contributed by atoms with E-state index in [1.165, 1.54) is 18.2 Å². The lowest BCUT2D eigenvalue weighted by Gasteiger charge is -2.15. The molecule has 0 fully saturated rings. The zero-order valence-corrected chi connectivity index (χ0v) is 12.6. The van der Waals surface area contributed by atoms with Crippen molar-refractivity contribution in [1.29, 1.82) is 0 Å². The van der Waals surface area contributed by atoms with Crippen LogP contribution >= 0.6 is 23.8 Å². The molecule has 110 valence electrons. The van der Waals surface area contributed by atoms with Gasteiger partial charge in [0.25, 0.3) is 5.69 Å². The number of nitrogens with zero attached hydrogens (tertiary/aromatic N) is 1. The smallest absolute Gasteiger partial charge is 0.271 e. The summed E-state index contributed by atoms with van der Waals surface area (Å²) in [6, 6.07) is 7.56. The van der Waals surface area contributed by atoms with Gasteiger partial charge in [0.15, 0.2) is 5.11 Å². The van der Waals surface area contributed by atoms with E-state index in [0.717, 1.165) is 5.76 Å². The molecule has 0 aliphatic rings. The van der Waals surface area contributed by atoms with Gasteiger partial charge in [0, 0.05) is 12.1 Å². The van der Waals surface area contributed by atoms with Gasteiger partial charge in [0.2, 0.25) is 0 Å². The normalized spacial score (nSPS) is 11.7. The van der Waals surface area contributed by atoms with Gasteiger partial charge in [-0.05, 0) is 37.3 Å². The molecule has 0 bridgehead atoms. The lowest BCUT2D eigenvalue weighted by atomic mass is 10.2. The lowest BCUT2D eigenvalue weighted by molar-refractivity contribution is -0.384. The summed E-state index contributed by atoms with van der Waals surface area (Å²) in [7, 11) is 0. The maximum atomic E-state index is 10.8. The van der Waals surface area contributed by atoms with Gasteiger partial charge in [-0.15, -0.1) is 0 Å². The highest BCUT2D eigenvalue weighted by atomic mass is 35.5. The van der Waals surface area contributed by atoms with Crippen molar-refractivity contribution in [3.63, 3.8) is 0 Å². The number of nitro groups is 1. The van der Waals surface area contributed by atoms with Gasteiger partial charge in [0.05, 0.1) is 27.9 Å². The molecular formula is C13H12ClN3O3S.